The fourth-order valence-corrected chi connectivity index (χ4v) is 6.85. The van der Waals surface area contributed by atoms with E-state index >= 15 is 0 Å². The predicted molar refractivity (Wildman–Crippen MR) is 223 cm³/mol. The Morgan fingerprint density at radius 1 is 0.510 bits per heavy atom. The van der Waals surface area contributed by atoms with Crippen LogP contribution in [0, 0.1) is 0 Å². The number of esters is 2. The molecule has 0 saturated heterocycles. The van der Waals surface area contributed by atoms with Crippen LogP contribution >= 0.6 is 0 Å². The Bertz CT molecular complexity index is 859. The Morgan fingerprint density at radius 3 is 1.25 bits per heavy atom. The lowest BCUT2D eigenvalue weighted by Gasteiger charge is -2.37. The number of ether oxygens (including phenoxy) is 2. The lowest BCUT2D eigenvalue weighted by Crippen LogP contribution is -2.44. The summed E-state index contributed by atoms with van der Waals surface area (Å²) in [5, 5.41) is 0.0474. The van der Waals surface area contributed by atoms with Crippen molar-refractivity contribution < 1.29 is 23.5 Å². The van der Waals surface area contributed by atoms with Crippen LogP contribution in [-0.2, 0) is 23.5 Å². The van der Waals surface area contributed by atoms with E-state index in [0.717, 1.165) is 51.4 Å². The van der Waals surface area contributed by atoms with Crippen molar-refractivity contribution in [3.63, 3.8) is 0 Å². The number of hydrogen-bond acceptors (Lipinski definition) is 5. The second kappa shape index (κ2) is 34.4. The molecule has 1 atom stereocenters. The summed E-state index contributed by atoms with van der Waals surface area (Å²) < 4.78 is 17.8. The molecule has 51 heavy (non-hydrogen) atoms. The zero-order valence-corrected chi connectivity index (χ0v) is 36.1. The van der Waals surface area contributed by atoms with Gasteiger partial charge in [0.15, 0.2) is 14.4 Å². The highest BCUT2D eigenvalue weighted by molar-refractivity contribution is 6.74. The number of hydrogen-bond donors (Lipinski definition) is 0. The van der Waals surface area contributed by atoms with E-state index in [9.17, 15) is 9.59 Å². The first-order valence-corrected chi connectivity index (χ1v) is 24.7. The van der Waals surface area contributed by atoms with Gasteiger partial charge in [0.25, 0.3) is 0 Å². The highest BCUT2D eigenvalue weighted by Crippen LogP contribution is 2.36. The third-order valence-electron chi connectivity index (χ3n) is 10.4. The average molecular weight is 735 g/mol. The van der Waals surface area contributed by atoms with Crippen molar-refractivity contribution in [2.75, 3.05) is 13.2 Å². The van der Waals surface area contributed by atoms with Crippen LogP contribution in [0.2, 0.25) is 18.1 Å². The molecular weight excluding hydrogens is 649 g/mol. The number of carbonyl (C=O) groups excluding carboxylic acids is 2. The fraction of sp³-hybridized carbons (Fsp3) is 0.867. The maximum absolute atomic E-state index is 12.8. The Hall–Kier alpha value is -1.40. The molecule has 0 N–H and O–H groups in total. The average Bonchev–Trinajstić information content (AvgIpc) is 3.08. The second-order valence-electron chi connectivity index (χ2n) is 16.5. The van der Waals surface area contributed by atoms with Gasteiger partial charge in [-0.3, -0.25) is 9.59 Å². The van der Waals surface area contributed by atoms with E-state index in [0.29, 0.717) is 12.8 Å². The summed E-state index contributed by atoms with van der Waals surface area (Å²) in [7, 11) is -2.03. The Kier molecular flexibility index (Phi) is 33.4. The second-order valence-corrected chi connectivity index (χ2v) is 21.3. The zero-order valence-electron chi connectivity index (χ0n) is 35.1. The summed E-state index contributed by atoms with van der Waals surface area (Å²) in [5.41, 5.74) is 0. The highest BCUT2D eigenvalue weighted by atomic mass is 28.4. The quantitative estimate of drug-likeness (QED) is 0.0278. The molecule has 0 aromatic carbocycles. The molecular formula is C45H86O5Si. The predicted octanol–water partition coefficient (Wildman–Crippen LogP) is 14.5. The Balaban J connectivity index is 4.23. The molecule has 0 aliphatic heterocycles. The highest BCUT2D eigenvalue weighted by Gasteiger charge is 2.38. The maximum Gasteiger partial charge on any atom is 0.306 e. The van der Waals surface area contributed by atoms with E-state index in [1.807, 2.05) is 0 Å². The lowest BCUT2D eigenvalue weighted by molar-refractivity contribution is -0.161. The van der Waals surface area contributed by atoms with Crippen LogP contribution in [0.15, 0.2) is 24.3 Å². The number of rotatable bonds is 36. The van der Waals surface area contributed by atoms with Gasteiger partial charge in [0.1, 0.15) is 6.61 Å². The minimum atomic E-state index is -2.03. The van der Waals surface area contributed by atoms with E-state index in [4.69, 9.17) is 13.9 Å². The smallest absolute Gasteiger partial charge is 0.306 e. The SMILES string of the molecule is CCCCCCCC/C=C\CCCCCCCC(=O)OCC(CO[Si](C)(C)C(C)(C)C)OC(=O)CCCCCCC/C=C\CCCCCCCC. The first-order chi connectivity index (χ1) is 24.5. The van der Waals surface area contributed by atoms with E-state index in [2.05, 4.69) is 72.0 Å². The van der Waals surface area contributed by atoms with Crippen LogP contribution in [0.3, 0.4) is 0 Å². The van der Waals surface area contributed by atoms with E-state index in [1.165, 1.54) is 116 Å². The van der Waals surface area contributed by atoms with Gasteiger partial charge in [0, 0.05) is 12.8 Å². The summed E-state index contributed by atoms with van der Waals surface area (Å²) >= 11 is 0. The Labute approximate surface area is 319 Å². The molecule has 0 spiro atoms. The summed E-state index contributed by atoms with van der Waals surface area (Å²) in [5.74, 6) is -0.428. The minimum absolute atomic E-state index is 0.0474. The topological polar surface area (TPSA) is 61.8 Å². The van der Waals surface area contributed by atoms with Gasteiger partial charge in [-0.2, -0.15) is 0 Å². The molecule has 0 aromatic heterocycles. The van der Waals surface area contributed by atoms with Gasteiger partial charge in [0.2, 0.25) is 0 Å². The first kappa shape index (κ1) is 49.6. The van der Waals surface area contributed by atoms with Crippen molar-refractivity contribution in [1.82, 2.24) is 0 Å². The molecule has 0 radical (unpaired) electrons. The van der Waals surface area contributed by atoms with Gasteiger partial charge in [-0.1, -0.05) is 162 Å². The number of allylic oxidation sites excluding steroid dienone is 4. The molecule has 0 aliphatic rings. The third-order valence-corrected chi connectivity index (χ3v) is 15.0. The van der Waals surface area contributed by atoms with Crippen LogP contribution in [0.1, 0.15) is 214 Å². The lowest BCUT2D eigenvalue weighted by atomic mass is 10.1. The van der Waals surface area contributed by atoms with Crippen molar-refractivity contribution in [1.29, 1.82) is 0 Å². The molecule has 0 bridgehead atoms. The van der Waals surface area contributed by atoms with E-state index < -0.39 is 14.4 Å². The fourth-order valence-electron chi connectivity index (χ4n) is 5.82. The molecule has 0 amide bonds. The van der Waals surface area contributed by atoms with Crippen LogP contribution in [0.25, 0.3) is 0 Å². The molecule has 0 saturated carbocycles. The molecule has 1 unspecified atom stereocenters. The molecule has 0 heterocycles. The first-order valence-electron chi connectivity index (χ1n) is 21.8. The van der Waals surface area contributed by atoms with Crippen molar-refractivity contribution in [3.8, 4) is 0 Å². The summed E-state index contributed by atoms with van der Waals surface area (Å²) in [4.78, 5) is 25.3. The van der Waals surface area contributed by atoms with Crippen molar-refractivity contribution in [2.45, 2.75) is 239 Å². The molecule has 5 nitrogen and oxygen atoms in total. The third kappa shape index (κ3) is 32.9. The standard InChI is InChI=1S/C45H86O5Si/c1-8-10-12-14-16-18-20-22-24-26-28-30-32-34-36-38-43(46)48-40-42(41-49-51(6,7)45(3,4)5)50-44(47)39-37-35-33-31-29-27-25-23-21-19-17-15-13-11-9-2/h22-25,42H,8-21,26-41H2,1-7H3/b24-22-,25-23-. The van der Waals surface area contributed by atoms with E-state index in [-0.39, 0.29) is 30.2 Å². The molecule has 0 aromatic rings. The summed E-state index contributed by atoms with van der Waals surface area (Å²) in [6.45, 7) is 15.8. The minimum Gasteiger partial charge on any atom is -0.462 e. The van der Waals surface area contributed by atoms with Crippen molar-refractivity contribution in [3.05, 3.63) is 24.3 Å². The Morgan fingerprint density at radius 2 is 0.863 bits per heavy atom. The van der Waals surface area contributed by atoms with Gasteiger partial charge in [-0.05, 0) is 82.3 Å². The largest absolute Gasteiger partial charge is 0.462 e. The van der Waals surface area contributed by atoms with Crippen LogP contribution in [-0.4, -0.2) is 39.6 Å². The monoisotopic (exact) mass is 735 g/mol. The van der Waals surface area contributed by atoms with Crippen molar-refractivity contribution in [2.24, 2.45) is 0 Å². The van der Waals surface area contributed by atoms with Gasteiger partial charge < -0.3 is 13.9 Å². The number of carbonyl (C=O) groups is 2. The summed E-state index contributed by atoms with van der Waals surface area (Å²) in [6.07, 6.45) is 41.6. The van der Waals surface area contributed by atoms with Gasteiger partial charge >= 0.3 is 11.9 Å². The summed E-state index contributed by atoms with van der Waals surface area (Å²) in [6, 6.07) is 0. The van der Waals surface area contributed by atoms with Crippen LogP contribution < -0.4 is 0 Å². The molecule has 6 heteroatoms. The van der Waals surface area contributed by atoms with Gasteiger partial charge in [-0.15, -0.1) is 0 Å². The van der Waals surface area contributed by atoms with Gasteiger partial charge in [0.05, 0.1) is 6.61 Å². The molecule has 0 fully saturated rings. The van der Waals surface area contributed by atoms with Gasteiger partial charge in [-0.25, -0.2) is 0 Å². The van der Waals surface area contributed by atoms with E-state index in [1.54, 1.807) is 0 Å². The molecule has 300 valence electrons. The molecule has 0 aliphatic carbocycles. The number of unbranched alkanes of at least 4 members (excludes halogenated alkanes) is 22. The van der Waals surface area contributed by atoms with Crippen LogP contribution in [0.4, 0.5) is 0 Å². The maximum atomic E-state index is 12.8. The zero-order chi connectivity index (χ0) is 37.9. The van der Waals surface area contributed by atoms with Crippen LogP contribution in [0.5, 0.6) is 0 Å². The van der Waals surface area contributed by atoms with Crippen molar-refractivity contribution >= 4 is 20.3 Å². The normalized spacial score (nSPS) is 13.0. The molecule has 0 rings (SSSR count).